The molecule has 0 fully saturated rings. The quantitative estimate of drug-likeness (QED) is 0.142. The topological polar surface area (TPSA) is 35.5 Å². The Morgan fingerprint density at radius 2 is 0.933 bits per heavy atom. The number of rotatable bonds is 21. The lowest BCUT2D eigenvalue weighted by Crippen LogP contribution is -2.11. The summed E-state index contributed by atoms with van der Waals surface area (Å²) in [5, 5.41) is 0.677. The molecule has 0 spiro atoms. The Bertz CT molecular complexity index is 532. The highest BCUT2D eigenvalue weighted by atomic mass is 31.2. The van der Waals surface area contributed by atoms with Gasteiger partial charge in [-0.25, -0.2) is 0 Å². The van der Waals surface area contributed by atoms with Crippen LogP contribution in [0.2, 0.25) is 0 Å². The number of benzene rings is 1. The van der Waals surface area contributed by atoms with E-state index in [-0.39, 0.29) is 0 Å². The summed E-state index contributed by atoms with van der Waals surface area (Å²) in [5.74, 6) is 0. The smallest absolute Gasteiger partial charge is 0.305 e. The number of hydrogen-bond donors (Lipinski definition) is 0. The molecule has 0 N–H and O–H groups in total. The Balaban J connectivity index is 2.11. The molecule has 0 radical (unpaired) electrons. The molecule has 0 amide bonds. The minimum Gasteiger partial charge on any atom is -0.305 e. The molecular formula is C26H47O3P. The minimum atomic E-state index is -3.20. The highest BCUT2D eigenvalue weighted by Crippen LogP contribution is 2.47. The van der Waals surface area contributed by atoms with E-state index in [9.17, 15) is 4.57 Å². The number of unbranched alkanes of at least 4 members (excludes halogenated alkanes) is 14. The standard InChI is InChI=1S/C26H47O3P/c1-3-5-7-8-9-10-11-12-13-14-15-16-21-25-29-30(27,28-24-20-6-4-2)26-22-18-17-19-23-26/h17-19,22-23H,3-16,20-21,24-25H2,1-2H3. The van der Waals surface area contributed by atoms with E-state index in [4.69, 9.17) is 9.05 Å². The summed E-state index contributed by atoms with van der Waals surface area (Å²) in [6, 6.07) is 9.42. The van der Waals surface area contributed by atoms with Crippen molar-refractivity contribution in [1.82, 2.24) is 0 Å². The minimum absolute atomic E-state index is 0.499. The van der Waals surface area contributed by atoms with Crippen molar-refractivity contribution >= 4 is 12.9 Å². The molecule has 0 aromatic heterocycles. The summed E-state index contributed by atoms with van der Waals surface area (Å²) in [6.07, 6.45) is 20.3. The van der Waals surface area contributed by atoms with E-state index >= 15 is 0 Å². The van der Waals surface area contributed by atoms with Crippen molar-refractivity contribution in [3.63, 3.8) is 0 Å². The van der Waals surface area contributed by atoms with Crippen molar-refractivity contribution in [2.24, 2.45) is 0 Å². The summed E-state index contributed by atoms with van der Waals surface area (Å²) < 4.78 is 24.8. The van der Waals surface area contributed by atoms with Crippen molar-refractivity contribution in [2.75, 3.05) is 13.2 Å². The maximum Gasteiger partial charge on any atom is 0.361 e. The maximum absolute atomic E-state index is 13.3. The average Bonchev–Trinajstić information content (AvgIpc) is 2.77. The van der Waals surface area contributed by atoms with E-state index in [1.54, 1.807) is 0 Å². The Morgan fingerprint density at radius 1 is 0.567 bits per heavy atom. The van der Waals surface area contributed by atoms with Gasteiger partial charge in [-0.3, -0.25) is 4.57 Å². The van der Waals surface area contributed by atoms with E-state index in [1.165, 1.54) is 70.6 Å². The van der Waals surface area contributed by atoms with Gasteiger partial charge in [0.15, 0.2) is 0 Å². The molecule has 0 heterocycles. The van der Waals surface area contributed by atoms with Gasteiger partial charge in [-0.1, -0.05) is 122 Å². The van der Waals surface area contributed by atoms with E-state index in [2.05, 4.69) is 13.8 Å². The van der Waals surface area contributed by atoms with Gasteiger partial charge in [0.2, 0.25) is 0 Å². The Kier molecular flexibility index (Phi) is 17.4. The van der Waals surface area contributed by atoms with Gasteiger partial charge >= 0.3 is 7.60 Å². The first-order valence-electron chi connectivity index (χ1n) is 12.7. The first kappa shape index (κ1) is 27.4. The van der Waals surface area contributed by atoms with Crippen LogP contribution in [0.3, 0.4) is 0 Å². The van der Waals surface area contributed by atoms with Gasteiger partial charge in [0.05, 0.1) is 18.5 Å². The van der Waals surface area contributed by atoms with E-state index in [0.29, 0.717) is 18.5 Å². The largest absolute Gasteiger partial charge is 0.361 e. The summed E-state index contributed by atoms with van der Waals surface area (Å²) >= 11 is 0. The fraction of sp³-hybridized carbons (Fsp3) is 0.769. The van der Waals surface area contributed by atoms with Crippen molar-refractivity contribution in [2.45, 2.75) is 117 Å². The van der Waals surface area contributed by atoms with Crippen LogP contribution < -0.4 is 5.30 Å². The molecule has 30 heavy (non-hydrogen) atoms. The Labute approximate surface area is 186 Å². The molecule has 0 aliphatic heterocycles. The summed E-state index contributed by atoms with van der Waals surface area (Å²) in [7, 11) is -3.20. The summed E-state index contributed by atoms with van der Waals surface area (Å²) in [4.78, 5) is 0. The fourth-order valence-electron chi connectivity index (χ4n) is 3.64. The Morgan fingerprint density at radius 3 is 1.40 bits per heavy atom. The van der Waals surface area contributed by atoms with Gasteiger partial charge in [0.1, 0.15) is 0 Å². The molecular weight excluding hydrogens is 391 g/mol. The molecule has 0 aliphatic carbocycles. The molecule has 0 saturated carbocycles. The molecule has 0 aliphatic rings. The van der Waals surface area contributed by atoms with Crippen LogP contribution in [0.4, 0.5) is 0 Å². The molecule has 1 aromatic carbocycles. The van der Waals surface area contributed by atoms with Crippen LogP contribution in [0.25, 0.3) is 0 Å². The van der Waals surface area contributed by atoms with Gasteiger partial charge < -0.3 is 9.05 Å². The molecule has 1 aromatic rings. The molecule has 0 saturated heterocycles. The van der Waals surface area contributed by atoms with E-state index in [1.807, 2.05) is 30.3 Å². The van der Waals surface area contributed by atoms with Crippen molar-refractivity contribution in [1.29, 1.82) is 0 Å². The summed E-state index contributed by atoms with van der Waals surface area (Å²) in [6.45, 7) is 5.44. The van der Waals surface area contributed by atoms with Gasteiger partial charge in [-0.05, 0) is 25.0 Å². The van der Waals surface area contributed by atoms with Crippen LogP contribution in [0, 0.1) is 0 Å². The number of hydrogen-bond acceptors (Lipinski definition) is 3. The molecule has 1 rings (SSSR count). The zero-order valence-corrected chi connectivity index (χ0v) is 20.7. The first-order valence-corrected chi connectivity index (χ1v) is 14.2. The normalized spacial score (nSPS) is 13.4. The average molecular weight is 439 g/mol. The molecule has 1 atom stereocenters. The predicted molar refractivity (Wildman–Crippen MR) is 131 cm³/mol. The highest BCUT2D eigenvalue weighted by Gasteiger charge is 2.26. The fourth-order valence-corrected chi connectivity index (χ4v) is 5.29. The molecule has 3 nitrogen and oxygen atoms in total. The van der Waals surface area contributed by atoms with Crippen LogP contribution in [0.1, 0.15) is 117 Å². The second-order valence-corrected chi connectivity index (χ2v) is 10.5. The highest BCUT2D eigenvalue weighted by molar-refractivity contribution is 7.62. The van der Waals surface area contributed by atoms with Crippen LogP contribution in [-0.2, 0) is 13.6 Å². The molecule has 1 unspecified atom stereocenters. The van der Waals surface area contributed by atoms with E-state index < -0.39 is 7.60 Å². The molecule has 0 bridgehead atoms. The third-order valence-electron chi connectivity index (χ3n) is 5.59. The second kappa shape index (κ2) is 19.1. The van der Waals surface area contributed by atoms with Crippen LogP contribution >= 0.6 is 7.60 Å². The molecule has 174 valence electrons. The zero-order chi connectivity index (χ0) is 21.8. The van der Waals surface area contributed by atoms with Crippen molar-refractivity contribution < 1.29 is 13.6 Å². The Hall–Kier alpha value is -0.630. The monoisotopic (exact) mass is 438 g/mol. The summed E-state index contributed by atoms with van der Waals surface area (Å²) in [5.41, 5.74) is 0. The van der Waals surface area contributed by atoms with Crippen LogP contribution in [0.15, 0.2) is 30.3 Å². The lowest BCUT2D eigenvalue weighted by molar-refractivity contribution is 0.206. The molecule has 4 heteroatoms. The zero-order valence-electron chi connectivity index (χ0n) is 19.8. The third-order valence-corrected chi connectivity index (χ3v) is 7.57. The van der Waals surface area contributed by atoms with Crippen molar-refractivity contribution in [3.8, 4) is 0 Å². The predicted octanol–water partition coefficient (Wildman–Crippen LogP) is 8.82. The maximum atomic E-state index is 13.3. The SMILES string of the molecule is CCCCCCCCCCCCCCCOP(=O)(OCCCCC)c1ccccc1. The van der Waals surface area contributed by atoms with Gasteiger partial charge in [0, 0.05) is 0 Å². The van der Waals surface area contributed by atoms with Gasteiger partial charge in [-0.15, -0.1) is 0 Å². The van der Waals surface area contributed by atoms with Gasteiger partial charge in [0.25, 0.3) is 0 Å². The lowest BCUT2D eigenvalue weighted by atomic mass is 10.0. The van der Waals surface area contributed by atoms with E-state index in [0.717, 1.165) is 32.1 Å². The lowest BCUT2D eigenvalue weighted by Gasteiger charge is -2.19. The van der Waals surface area contributed by atoms with Gasteiger partial charge in [-0.2, -0.15) is 0 Å². The van der Waals surface area contributed by atoms with Crippen LogP contribution in [0.5, 0.6) is 0 Å². The second-order valence-electron chi connectivity index (χ2n) is 8.45. The first-order chi connectivity index (χ1) is 14.7. The van der Waals surface area contributed by atoms with Crippen molar-refractivity contribution in [3.05, 3.63) is 30.3 Å². The van der Waals surface area contributed by atoms with Crippen LogP contribution in [-0.4, -0.2) is 13.2 Å². The third kappa shape index (κ3) is 13.6.